The van der Waals surface area contributed by atoms with E-state index >= 15 is 0 Å². The first-order chi connectivity index (χ1) is 12.0. The lowest BCUT2D eigenvalue weighted by Gasteiger charge is -2.14. The molecule has 0 aliphatic heterocycles. The molecule has 25 heavy (non-hydrogen) atoms. The molecule has 2 N–H and O–H groups in total. The number of hydrogen-bond acceptors (Lipinski definition) is 7. The van der Waals surface area contributed by atoms with E-state index in [2.05, 4.69) is 0 Å². The largest absolute Gasteiger partial charge is 0.503 e. The summed E-state index contributed by atoms with van der Waals surface area (Å²) in [5.41, 5.74) is -0.537. The molecular weight excluding hydrogens is 330 g/mol. The lowest BCUT2D eigenvalue weighted by molar-refractivity contribution is 0.0507. The summed E-state index contributed by atoms with van der Waals surface area (Å²) in [5, 5.41) is 20.4. The van der Waals surface area contributed by atoms with Gasteiger partial charge < -0.3 is 24.4 Å². The normalized spacial score (nSPS) is 10.4. The molecule has 1 aromatic carbocycles. The number of esters is 2. The van der Waals surface area contributed by atoms with Gasteiger partial charge in [-0.3, -0.25) is 4.57 Å². The summed E-state index contributed by atoms with van der Waals surface area (Å²) in [7, 11) is 1.41. The Labute approximate surface area is 144 Å². The number of carbonyl (C=O) groups is 2. The Hall–Kier alpha value is -3.16. The minimum atomic E-state index is -0.906. The highest BCUT2D eigenvalue weighted by molar-refractivity contribution is 6.00. The molecule has 0 amide bonds. The van der Waals surface area contributed by atoms with Crippen LogP contribution in [-0.4, -0.2) is 47.0 Å². The smallest absolute Gasteiger partial charge is 0.359 e. The van der Waals surface area contributed by atoms with E-state index in [0.717, 1.165) is 4.57 Å². The Kier molecular flexibility index (Phi) is 5.53. The number of para-hydroxylation sites is 2. The number of hydrogen-bond donors (Lipinski definition) is 2. The fourth-order valence-corrected chi connectivity index (χ4v) is 2.38. The second-order valence-electron chi connectivity index (χ2n) is 4.84. The van der Waals surface area contributed by atoms with E-state index in [9.17, 15) is 19.8 Å². The molecule has 1 aromatic heterocycles. The first-order valence-electron chi connectivity index (χ1n) is 7.62. The van der Waals surface area contributed by atoms with Gasteiger partial charge in [0.05, 0.1) is 26.0 Å². The quantitative estimate of drug-likeness (QED) is 0.770. The lowest BCUT2D eigenvalue weighted by Crippen LogP contribution is -2.17. The van der Waals surface area contributed by atoms with Crippen molar-refractivity contribution in [3.63, 3.8) is 0 Å². The van der Waals surface area contributed by atoms with Crippen LogP contribution in [0.15, 0.2) is 24.3 Å². The second kappa shape index (κ2) is 7.61. The Bertz CT molecular complexity index is 753. The highest BCUT2D eigenvalue weighted by Gasteiger charge is 2.34. The summed E-state index contributed by atoms with van der Waals surface area (Å²) >= 11 is 0. The molecule has 0 saturated heterocycles. The zero-order valence-corrected chi connectivity index (χ0v) is 14.1. The molecule has 2 aromatic rings. The Morgan fingerprint density at radius 1 is 0.960 bits per heavy atom. The molecule has 0 aliphatic carbocycles. The highest BCUT2D eigenvalue weighted by Crippen LogP contribution is 2.40. The minimum absolute atomic E-state index is 0.0465. The molecule has 0 saturated carbocycles. The van der Waals surface area contributed by atoms with Gasteiger partial charge in [0.1, 0.15) is 5.75 Å². The summed E-state index contributed by atoms with van der Waals surface area (Å²) < 4.78 is 16.2. The number of methoxy groups -OCH3 is 1. The average Bonchev–Trinajstić information content (AvgIpc) is 2.86. The van der Waals surface area contributed by atoms with Gasteiger partial charge >= 0.3 is 11.9 Å². The molecule has 1 heterocycles. The molecule has 134 valence electrons. The van der Waals surface area contributed by atoms with E-state index in [1.165, 1.54) is 7.11 Å². The molecule has 0 radical (unpaired) electrons. The first-order valence-corrected chi connectivity index (χ1v) is 7.62. The predicted octanol–water partition coefficient (Wildman–Crippen LogP) is 2.25. The van der Waals surface area contributed by atoms with E-state index in [1.807, 2.05) is 0 Å². The summed E-state index contributed by atoms with van der Waals surface area (Å²) in [4.78, 5) is 24.6. The Balaban J connectivity index is 2.83. The van der Waals surface area contributed by atoms with Crippen LogP contribution in [0.4, 0.5) is 0 Å². The maximum Gasteiger partial charge on any atom is 0.359 e. The van der Waals surface area contributed by atoms with E-state index in [1.54, 1.807) is 38.1 Å². The van der Waals surface area contributed by atoms with Gasteiger partial charge in [-0.15, -0.1) is 0 Å². The van der Waals surface area contributed by atoms with Crippen LogP contribution in [-0.2, 0) is 9.47 Å². The van der Waals surface area contributed by atoms with Crippen LogP contribution in [0.5, 0.6) is 17.2 Å². The van der Waals surface area contributed by atoms with Crippen LogP contribution in [0, 0.1) is 0 Å². The zero-order valence-electron chi connectivity index (χ0n) is 14.1. The van der Waals surface area contributed by atoms with Gasteiger partial charge in [-0.1, -0.05) is 12.1 Å². The molecule has 8 nitrogen and oxygen atoms in total. The van der Waals surface area contributed by atoms with E-state index < -0.39 is 34.8 Å². The van der Waals surface area contributed by atoms with Crippen molar-refractivity contribution in [3.05, 3.63) is 35.7 Å². The number of ether oxygens (including phenoxy) is 3. The van der Waals surface area contributed by atoms with Crippen LogP contribution < -0.4 is 4.74 Å². The minimum Gasteiger partial charge on any atom is -0.503 e. The van der Waals surface area contributed by atoms with Crippen molar-refractivity contribution in [2.75, 3.05) is 20.3 Å². The number of aromatic hydroxyl groups is 2. The third kappa shape index (κ3) is 3.23. The van der Waals surface area contributed by atoms with Crippen molar-refractivity contribution in [2.24, 2.45) is 0 Å². The molecular formula is C17H19NO7. The van der Waals surface area contributed by atoms with Crippen molar-refractivity contribution in [1.29, 1.82) is 0 Å². The number of aromatic nitrogens is 1. The average molecular weight is 349 g/mol. The standard InChI is InChI=1S/C17H19NO7/c1-4-24-16(21)12-14(19)15(20)13(17(22)25-5-2)18(12)10-8-6-7-9-11(10)23-3/h6-9,19-20H,4-5H2,1-3H3. The number of carbonyl (C=O) groups excluding carboxylic acids is 2. The molecule has 0 aliphatic rings. The summed E-state index contributed by atoms with van der Waals surface area (Å²) in [6, 6.07) is 6.51. The molecule has 0 atom stereocenters. The van der Waals surface area contributed by atoms with Gasteiger partial charge in [0, 0.05) is 0 Å². The van der Waals surface area contributed by atoms with Crippen LogP contribution in [0.25, 0.3) is 5.69 Å². The predicted molar refractivity (Wildman–Crippen MR) is 87.6 cm³/mol. The van der Waals surface area contributed by atoms with Crippen molar-refractivity contribution < 1.29 is 34.0 Å². The number of nitrogens with zero attached hydrogens (tertiary/aromatic N) is 1. The zero-order chi connectivity index (χ0) is 18.6. The third-order valence-electron chi connectivity index (χ3n) is 3.38. The molecule has 2 rings (SSSR count). The number of benzene rings is 1. The first kappa shape index (κ1) is 18.2. The van der Waals surface area contributed by atoms with Crippen molar-refractivity contribution >= 4 is 11.9 Å². The van der Waals surface area contributed by atoms with E-state index in [-0.39, 0.29) is 18.9 Å². The monoisotopic (exact) mass is 349 g/mol. The number of rotatable bonds is 6. The van der Waals surface area contributed by atoms with Gasteiger partial charge in [-0.05, 0) is 26.0 Å². The van der Waals surface area contributed by atoms with Crippen LogP contribution in [0.1, 0.15) is 34.8 Å². The van der Waals surface area contributed by atoms with Crippen molar-refractivity contribution in [3.8, 4) is 22.9 Å². The lowest BCUT2D eigenvalue weighted by atomic mass is 10.2. The van der Waals surface area contributed by atoms with Gasteiger partial charge in [0.2, 0.25) is 0 Å². The topological polar surface area (TPSA) is 107 Å². The summed E-state index contributed by atoms with van der Waals surface area (Å²) in [6.07, 6.45) is 0. The summed E-state index contributed by atoms with van der Waals surface area (Å²) in [5.74, 6) is -3.04. The maximum absolute atomic E-state index is 12.3. The molecule has 0 unspecified atom stereocenters. The van der Waals surface area contributed by atoms with Crippen molar-refractivity contribution in [1.82, 2.24) is 4.57 Å². The summed E-state index contributed by atoms with van der Waals surface area (Å²) in [6.45, 7) is 3.28. The highest BCUT2D eigenvalue weighted by atomic mass is 16.5. The van der Waals surface area contributed by atoms with Gasteiger partial charge in [0.15, 0.2) is 22.9 Å². The van der Waals surface area contributed by atoms with Crippen LogP contribution in [0.2, 0.25) is 0 Å². The SMILES string of the molecule is CCOC(=O)c1c(O)c(O)c(C(=O)OCC)n1-c1ccccc1OC. The third-order valence-corrected chi connectivity index (χ3v) is 3.38. The molecule has 0 bridgehead atoms. The van der Waals surface area contributed by atoms with Crippen LogP contribution in [0.3, 0.4) is 0 Å². The fourth-order valence-electron chi connectivity index (χ4n) is 2.38. The second-order valence-corrected chi connectivity index (χ2v) is 4.84. The van der Waals surface area contributed by atoms with Crippen molar-refractivity contribution in [2.45, 2.75) is 13.8 Å². The van der Waals surface area contributed by atoms with Gasteiger partial charge in [-0.2, -0.15) is 0 Å². The molecule has 0 fully saturated rings. The molecule has 0 spiro atoms. The Morgan fingerprint density at radius 2 is 1.44 bits per heavy atom. The fraction of sp³-hybridized carbons (Fsp3) is 0.294. The van der Waals surface area contributed by atoms with Gasteiger partial charge in [-0.25, -0.2) is 9.59 Å². The maximum atomic E-state index is 12.3. The van der Waals surface area contributed by atoms with Crippen LogP contribution >= 0.6 is 0 Å². The van der Waals surface area contributed by atoms with Gasteiger partial charge in [0.25, 0.3) is 0 Å². The van der Waals surface area contributed by atoms with E-state index in [4.69, 9.17) is 14.2 Å². The van der Waals surface area contributed by atoms with E-state index in [0.29, 0.717) is 5.75 Å². The Morgan fingerprint density at radius 3 is 1.88 bits per heavy atom. The molecule has 8 heteroatoms.